The molecule has 1 fully saturated rings. The fraction of sp³-hybridized carbons (Fsp3) is 0.600. The van der Waals surface area contributed by atoms with Crippen molar-refractivity contribution in [2.45, 2.75) is 58.9 Å². The molecule has 0 radical (unpaired) electrons. The Morgan fingerprint density at radius 1 is 1.12 bits per heavy atom. The lowest BCUT2D eigenvalue weighted by atomic mass is 9.69. The zero-order chi connectivity index (χ0) is 17.7. The monoisotopic (exact) mass is 331 g/mol. The number of nitrogens with one attached hydrogen (secondary N) is 1. The second-order valence-electron chi connectivity index (χ2n) is 8.00. The molecule has 132 valence electrons. The second-order valence-corrected chi connectivity index (χ2v) is 8.00. The van der Waals surface area contributed by atoms with Crippen LogP contribution < -0.4 is 5.32 Å². The van der Waals surface area contributed by atoms with E-state index in [1.54, 1.807) is 0 Å². The first-order chi connectivity index (χ1) is 11.3. The van der Waals surface area contributed by atoms with E-state index in [9.17, 15) is 14.7 Å². The molecular weight excluding hydrogens is 302 g/mol. The average molecular weight is 331 g/mol. The molecule has 0 heterocycles. The number of amides is 1. The number of carboxylic acid groups (broad SMARTS) is 1. The van der Waals surface area contributed by atoms with Crippen LogP contribution in [0, 0.1) is 17.3 Å². The summed E-state index contributed by atoms with van der Waals surface area (Å²) in [5.74, 6) is -0.497. The summed E-state index contributed by atoms with van der Waals surface area (Å²) in [5.41, 5.74) is 1.19. The summed E-state index contributed by atoms with van der Waals surface area (Å²) < 4.78 is 0. The summed E-state index contributed by atoms with van der Waals surface area (Å²) >= 11 is 0. The molecule has 0 unspecified atom stereocenters. The summed E-state index contributed by atoms with van der Waals surface area (Å²) in [6.07, 6.45) is 4.10. The van der Waals surface area contributed by atoms with Gasteiger partial charge in [-0.15, -0.1) is 0 Å². The van der Waals surface area contributed by atoms with E-state index < -0.39 is 12.0 Å². The van der Waals surface area contributed by atoms with Gasteiger partial charge in [0.15, 0.2) is 0 Å². The SMILES string of the molecule is CC(C)(C)C1CCC(C(=O)N[C@@H](Cc2ccccc2)C(=O)O)CC1. The van der Waals surface area contributed by atoms with Crippen LogP contribution in [0.4, 0.5) is 0 Å². The molecule has 0 saturated heterocycles. The van der Waals surface area contributed by atoms with Crippen molar-refractivity contribution in [3.63, 3.8) is 0 Å². The normalized spacial score (nSPS) is 22.6. The third-order valence-corrected chi connectivity index (χ3v) is 5.22. The van der Waals surface area contributed by atoms with Gasteiger partial charge in [0.2, 0.25) is 5.91 Å². The van der Waals surface area contributed by atoms with Gasteiger partial charge in [0.25, 0.3) is 0 Å². The highest BCUT2D eigenvalue weighted by Crippen LogP contribution is 2.39. The predicted octanol–water partition coefficient (Wildman–Crippen LogP) is 3.65. The smallest absolute Gasteiger partial charge is 0.326 e. The highest BCUT2D eigenvalue weighted by Gasteiger charge is 2.33. The largest absolute Gasteiger partial charge is 0.480 e. The Balaban J connectivity index is 1.91. The van der Waals surface area contributed by atoms with Gasteiger partial charge < -0.3 is 10.4 Å². The van der Waals surface area contributed by atoms with Crippen molar-refractivity contribution in [1.82, 2.24) is 5.32 Å². The third kappa shape index (κ3) is 5.08. The Morgan fingerprint density at radius 3 is 2.21 bits per heavy atom. The molecule has 2 rings (SSSR count). The fourth-order valence-electron chi connectivity index (χ4n) is 3.56. The average Bonchev–Trinajstić information content (AvgIpc) is 2.54. The lowest BCUT2D eigenvalue weighted by Crippen LogP contribution is -2.45. The van der Waals surface area contributed by atoms with Crippen LogP contribution in [0.15, 0.2) is 30.3 Å². The number of benzene rings is 1. The number of rotatable bonds is 5. The minimum atomic E-state index is -0.976. The summed E-state index contributed by atoms with van der Waals surface area (Å²) in [7, 11) is 0. The summed E-state index contributed by atoms with van der Waals surface area (Å²) in [4.78, 5) is 24.0. The van der Waals surface area contributed by atoms with Gasteiger partial charge in [-0.05, 0) is 42.6 Å². The molecule has 1 aliphatic carbocycles. The summed E-state index contributed by atoms with van der Waals surface area (Å²) in [6.45, 7) is 6.75. The van der Waals surface area contributed by atoms with E-state index in [2.05, 4.69) is 26.1 Å². The molecule has 1 aliphatic rings. The molecule has 0 aliphatic heterocycles. The molecule has 4 nitrogen and oxygen atoms in total. The van der Waals surface area contributed by atoms with Crippen molar-refractivity contribution in [1.29, 1.82) is 0 Å². The number of carbonyl (C=O) groups is 2. The minimum Gasteiger partial charge on any atom is -0.480 e. The first kappa shape index (κ1) is 18.5. The van der Waals surface area contributed by atoms with Crippen LogP contribution >= 0.6 is 0 Å². The molecule has 1 atom stereocenters. The molecule has 1 aromatic carbocycles. The van der Waals surface area contributed by atoms with Crippen LogP contribution in [-0.4, -0.2) is 23.0 Å². The zero-order valence-electron chi connectivity index (χ0n) is 14.9. The second kappa shape index (κ2) is 7.82. The first-order valence-electron chi connectivity index (χ1n) is 8.84. The topological polar surface area (TPSA) is 66.4 Å². The van der Waals surface area contributed by atoms with Crippen molar-refractivity contribution < 1.29 is 14.7 Å². The van der Waals surface area contributed by atoms with Gasteiger partial charge >= 0.3 is 5.97 Å². The zero-order valence-corrected chi connectivity index (χ0v) is 14.9. The molecular formula is C20H29NO3. The predicted molar refractivity (Wildman–Crippen MR) is 94.6 cm³/mol. The number of hydrogen-bond donors (Lipinski definition) is 2. The maximum absolute atomic E-state index is 12.5. The Kier molecular flexibility index (Phi) is 6.03. The van der Waals surface area contributed by atoms with Crippen LogP contribution in [0.2, 0.25) is 0 Å². The van der Waals surface area contributed by atoms with Gasteiger partial charge in [0.05, 0.1) is 0 Å². The van der Waals surface area contributed by atoms with E-state index >= 15 is 0 Å². The van der Waals surface area contributed by atoms with Crippen LogP contribution in [0.5, 0.6) is 0 Å². The highest BCUT2D eigenvalue weighted by molar-refractivity contribution is 5.85. The summed E-state index contributed by atoms with van der Waals surface area (Å²) in [5, 5.41) is 12.2. The van der Waals surface area contributed by atoms with Gasteiger partial charge in [-0.1, -0.05) is 51.1 Å². The molecule has 0 aromatic heterocycles. The Bertz CT molecular complexity index is 554. The molecule has 0 bridgehead atoms. The van der Waals surface area contributed by atoms with Crippen molar-refractivity contribution >= 4 is 11.9 Å². The molecule has 2 N–H and O–H groups in total. The first-order valence-corrected chi connectivity index (χ1v) is 8.84. The highest BCUT2D eigenvalue weighted by atomic mass is 16.4. The molecule has 1 saturated carbocycles. The van der Waals surface area contributed by atoms with Gasteiger partial charge in [-0.25, -0.2) is 4.79 Å². The Hall–Kier alpha value is -1.84. The van der Waals surface area contributed by atoms with Crippen LogP contribution in [0.25, 0.3) is 0 Å². The van der Waals surface area contributed by atoms with Crippen molar-refractivity contribution in [3.8, 4) is 0 Å². The molecule has 24 heavy (non-hydrogen) atoms. The van der Waals surface area contributed by atoms with E-state index in [4.69, 9.17) is 0 Å². The van der Waals surface area contributed by atoms with Gasteiger partial charge in [-0.3, -0.25) is 4.79 Å². The van der Waals surface area contributed by atoms with E-state index in [1.165, 1.54) is 0 Å². The van der Waals surface area contributed by atoms with E-state index in [0.29, 0.717) is 12.3 Å². The minimum absolute atomic E-state index is 0.0544. The maximum atomic E-state index is 12.5. The van der Waals surface area contributed by atoms with Gasteiger partial charge in [-0.2, -0.15) is 0 Å². The van der Waals surface area contributed by atoms with E-state index in [-0.39, 0.29) is 17.2 Å². The Morgan fingerprint density at radius 2 is 1.71 bits per heavy atom. The van der Waals surface area contributed by atoms with E-state index in [1.807, 2.05) is 30.3 Å². The van der Waals surface area contributed by atoms with Crippen LogP contribution in [0.3, 0.4) is 0 Å². The standard InChI is InChI=1S/C20H29NO3/c1-20(2,3)16-11-9-15(10-12-16)18(22)21-17(19(23)24)13-14-7-5-4-6-8-14/h4-8,15-17H,9-13H2,1-3H3,(H,21,22)(H,23,24)/t15?,16?,17-/m0/s1. The number of aliphatic carboxylic acids is 1. The lowest BCUT2D eigenvalue weighted by molar-refractivity contribution is -0.142. The van der Waals surface area contributed by atoms with Crippen molar-refractivity contribution in [2.75, 3.05) is 0 Å². The number of carbonyl (C=O) groups excluding carboxylic acids is 1. The third-order valence-electron chi connectivity index (χ3n) is 5.22. The Labute approximate surface area is 144 Å². The quantitative estimate of drug-likeness (QED) is 0.865. The number of hydrogen-bond acceptors (Lipinski definition) is 2. The lowest BCUT2D eigenvalue weighted by Gasteiger charge is -2.36. The van der Waals surface area contributed by atoms with E-state index in [0.717, 1.165) is 31.2 Å². The van der Waals surface area contributed by atoms with Gasteiger partial charge in [0, 0.05) is 12.3 Å². The van der Waals surface area contributed by atoms with Crippen molar-refractivity contribution in [3.05, 3.63) is 35.9 Å². The number of carboxylic acids is 1. The van der Waals surface area contributed by atoms with Crippen LogP contribution in [-0.2, 0) is 16.0 Å². The molecule has 1 aromatic rings. The fourth-order valence-corrected chi connectivity index (χ4v) is 3.56. The molecule has 1 amide bonds. The maximum Gasteiger partial charge on any atom is 0.326 e. The van der Waals surface area contributed by atoms with Crippen LogP contribution in [0.1, 0.15) is 52.0 Å². The van der Waals surface area contributed by atoms with Gasteiger partial charge in [0.1, 0.15) is 6.04 Å². The molecule has 4 heteroatoms. The van der Waals surface area contributed by atoms with Crippen molar-refractivity contribution in [2.24, 2.45) is 17.3 Å². The molecule has 0 spiro atoms. The summed E-state index contributed by atoms with van der Waals surface area (Å²) in [6, 6.07) is 8.56.